The highest BCUT2D eigenvalue weighted by Crippen LogP contribution is 2.25. The molecule has 2 heterocycles. The highest BCUT2D eigenvalue weighted by molar-refractivity contribution is 5.57. The molecule has 0 aromatic carbocycles. The van der Waals surface area contributed by atoms with Gasteiger partial charge in [0.15, 0.2) is 0 Å². The fourth-order valence-electron chi connectivity index (χ4n) is 1.67. The molecule has 0 saturated heterocycles. The Balaban J connectivity index is 2.25. The monoisotopic (exact) mass is 247 g/mol. The lowest BCUT2D eigenvalue weighted by atomic mass is 10.2. The second kappa shape index (κ2) is 5.26. The first-order valence-electron chi connectivity index (χ1n) is 5.57. The third-order valence-corrected chi connectivity index (χ3v) is 2.55. The van der Waals surface area contributed by atoms with Gasteiger partial charge in [-0.2, -0.15) is 0 Å². The van der Waals surface area contributed by atoms with Crippen LogP contribution in [0.5, 0.6) is 0 Å². The van der Waals surface area contributed by atoms with Crippen molar-refractivity contribution < 1.29 is 4.92 Å². The van der Waals surface area contributed by atoms with Crippen molar-refractivity contribution in [2.24, 2.45) is 0 Å². The second-order valence-corrected chi connectivity index (χ2v) is 3.71. The van der Waals surface area contributed by atoms with Gasteiger partial charge in [0.05, 0.1) is 6.04 Å². The quantitative estimate of drug-likeness (QED) is 0.624. The molecule has 2 N–H and O–H groups in total. The Morgan fingerprint density at radius 1 is 1.50 bits per heavy atom. The van der Waals surface area contributed by atoms with Crippen molar-refractivity contribution in [1.82, 2.24) is 15.0 Å². The number of pyridine rings is 1. The van der Waals surface area contributed by atoms with E-state index < -0.39 is 4.92 Å². The van der Waals surface area contributed by atoms with E-state index in [1.807, 2.05) is 6.92 Å². The zero-order valence-corrected chi connectivity index (χ0v) is 9.83. The van der Waals surface area contributed by atoms with Crippen molar-refractivity contribution >= 4 is 11.5 Å². The number of rotatable bonds is 5. The van der Waals surface area contributed by atoms with Crippen LogP contribution in [0.15, 0.2) is 30.7 Å². The van der Waals surface area contributed by atoms with Crippen molar-refractivity contribution in [3.8, 4) is 0 Å². The number of nitrogens with zero attached hydrogens (tertiary/aromatic N) is 3. The summed E-state index contributed by atoms with van der Waals surface area (Å²) in [5.41, 5.74) is 0.394. The zero-order valence-electron chi connectivity index (χ0n) is 9.83. The zero-order chi connectivity index (χ0) is 13.0. The Hall–Kier alpha value is -2.44. The fourth-order valence-corrected chi connectivity index (χ4v) is 1.67. The molecule has 0 spiro atoms. The van der Waals surface area contributed by atoms with Gasteiger partial charge < -0.3 is 20.4 Å². The molecule has 1 atom stereocenters. The van der Waals surface area contributed by atoms with E-state index in [-0.39, 0.29) is 11.9 Å². The molecule has 0 saturated carbocycles. The predicted octanol–water partition coefficient (Wildman–Crippen LogP) is 2.28. The number of hydrogen-bond donors (Lipinski definition) is 2. The summed E-state index contributed by atoms with van der Waals surface area (Å²) in [5, 5.41) is 13.9. The van der Waals surface area contributed by atoms with Crippen molar-refractivity contribution in [2.45, 2.75) is 19.4 Å². The molecular weight excluding hydrogens is 234 g/mol. The molecule has 0 aliphatic carbocycles. The largest absolute Gasteiger partial charge is 0.386 e. The van der Waals surface area contributed by atoms with Crippen LogP contribution >= 0.6 is 0 Å². The van der Waals surface area contributed by atoms with Gasteiger partial charge in [0.25, 0.3) is 0 Å². The Labute approximate surface area is 103 Å². The molecule has 0 amide bonds. The van der Waals surface area contributed by atoms with Crippen LogP contribution in [0, 0.1) is 10.1 Å². The molecule has 7 heteroatoms. The first kappa shape index (κ1) is 12.0. The Morgan fingerprint density at radius 3 is 2.94 bits per heavy atom. The summed E-state index contributed by atoms with van der Waals surface area (Å²) in [5.74, 6) is 0.568. The van der Waals surface area contributed by atoms with Crippen molar-refractivity contribution in [3.05, 3.63) is 46.7 Å². The minimum absolute atomic E-state index is 0.108. The van der Waals surface area contributed by atoms with Gasteiger partial charge in [-0.3, -0.25) is 0 Å². The van der Waals surface area contributed by atoms with Crippen molar-refractivity contribution in [1.29, 1.82) is 0 Å². The SMILES string of the molecule is CCC(Nc1cccnc1[N+](=O)[O-])c1ncc[nH]1. The normalized spacial score (nSPS) is 12.1. The molecule has 1 unspecified atom stereocenters. The van der Waals surface area contributed by atoms with Crippen molar-refractivity contribution in [3.63, 3.8) is 0 Å². The Morgan fingerprint density at radius 2 is 2.33 bits per heavy atom. The molecule has 2 rings (SSSR count). The third kappa shape index (κ3) is 2.45. The minimum Gasteiger partial charge on any atom is -0.368 e. The summed E-state index contributed by atoms with van der Waals surface area (Å²) in [6, 6.07) is 3.18. The molecule has 7 nitrogen and oxygen atoms in total. The number of aromatic amines is 1. The molecule has 2 aromatic rings. The maximum absolute atomic E-state index is 10.9. The number of H-pyrrole nitrogens is 1. The highest BCUT2D eigenvalue weighted by Gasteiger charge is 2.18. The molecule has 18 heavy (non-hydrogen) atoms. The van der Waals surface area contributed by atoms with Gasteiger partial charge >= 0.3 is 5.82 Å². The Bertz CT molecular complexity index is 526. The lowest BCUT2D eigenvalue weighted by Gasteiger charge is -2.15. The standard InChI is InChI=1S/C11H13N5O2/c1-2-8(10-12-6-7-13-10)15-9-4-3-5-14-11(9)16(17)18/h3-8,15H,2H2,1H3,(H,12,13). The first-order valence-corrected chi connectivity index (χ1v) is 5.57. The number of nitrogens with one attached hydrogen (secondary N) is 2. The number of hydrogen-bond acceptors (Lipinski definition) is 5. The van der Waals surface area contributed by atoms with E-state index in [2.05, 4.69) is 20.3 Å². The maximum Gasteiger partial charge on any atom is 0.386 e. The van der Waals surface area contributed by atoms with Crippen LogP contribution in [0.2, 0.25) is 0 Å². The lowest BCUT2D eigenvalue weighted by molar-refractivity contribution is -0.388. The van der Waals surface area contributed by atoms with E-state index in [0.717, 1.165) is 12.2 Å². The average molecular weight is 247 g/mol. The van der Waals surface area contributed by atoms with Gasteiger partial charge in [-0.1, -0.05) is 6.92 Å². The first-order chi connectivity index (χ1) is 8.72. The minimum atomic E-state index is -0.503. The number of aromatic nitrogens is 3. The van der Waals surface area contributed by atoms with Crippen molar-refractivity contribution in [2.75, 3.05) is 5.32 Å². The molecule has 0 radical (unpaired) electrons. The fraction of sp³-hybridized carbons (Fsp3) is 0.273. The van der Waals surface area contributed by atoms with Gasteiger partial charge in [-0.25, -0.2) is 4.98 Å². The van der Waals surface area contributed by atoms with E-state index in [9.17, 15) is 10.1 Å². The summed E-state index contributed by atoms with van der Waals surface area (Å²) in [7, 11) is 0. The lowest BCUT2D eigenvalue weighted by Crippen LogP contribution is -2.12. The summed E-state index contributed by atoms with van der Waals surface area (Å²) in [6.07, 6.45) is 5.52. The van der Waals surface area contributed by atoms with E-state index in [1.54, 1.807) is 24.5 Å². The van der Waals surface area contributed by atoms with Crippen LogP contribution in [0.1, 0.15) is 25.2 Å². The van der Waals surface area contributed by atoms with E-state index in [1.165, 1.54) is 6.20 Å². The van der Waals surface area contributed by atoms with Crippen LogP contribution in [0.4, 0.5) is 11.5 Å². The third-order valence-electron chi connectivity index (χ3n) is 2.55. The number of imidazole rings is 1. The summed E-state index contributed by atoms with van der Waals surface area (Å²) in [6.45, 7) is 1.97. The molecule has 2 aromatic heterocycles. The second-order valence-electron chi connectivity index (χ2n) is 3.71. The predicted molar refractivity (Wildman–Crippen MR) is 66.1 cm³/mol. The number of nitro groups is 1. The van der Waals surface area contributed by atoms with Crippen LogP contribution in [0.25, 0.3) is 0 Å². The smallest absolute Gasteiger partial charge is 0.368 e. The van der Waals surface area contributed by atoms with Gasteiger partial charge in [0, 0.05) is 12.4 Å². The molecule has 0 bridgehead atoms. The van der Waals surface area contributed by atoms with Gasteiger partial charge in [0.2, 0.25) is 0 Å². The topological polar surface area (TPSA) is 96.7 Å². The van der Waals surface area contributed by atoms with E-state index in [4.69, 9.17) is 0 Å². The summed E-state index contributed by atoms with van der Waals surface area (Å²) >= 11 is 0. The highest BCUT2D eigenvalue weighted by atomic mass is 16.6. The molecule has 94 valence electrons. The van der Waals surface area contributed by atoms with Gasteiger partial charge in [0.1, 0.15) is 17.7 Å². The van der Waals surface area contributed by atoms with Crippen LogP contribution in [-0.4, -0.2) is 19.9 Å². The maximum atomic E-state index is 10.9. The van der Waals surface area contributed by atoms with Gasteiger partial charge in [-0.05, 0) is 28.5 Å². The van der Waals surface area contributed by atoms with Crippen LogP contribution in [0.3, 0.4) is 0 Å². The molecule has 0 aliphatic rings. The van der Waals surface area contributed by atoms with Crippen LogP contribution < -0.4 is 5.32 Å². The molecule has 0 aliphatic heterocycles. The average Bonchev–Trinajstić information content (AvgIpc) is 2.90. The van der Waals surface area contributed by atoms with E-state index in [0.29, 0.717) is 5.69 Å². The van der Waals surface area contributed by atoms with Crippen LogP contribution in [-0.2, 0) is 0 Å². The van der Waals surface area contributed by atoms with Gasteiger partial charge in [-0.15, -0.1) is 0 Å². The summed E-state index contributed by atoms with van der Waals surface area (Å²) in [4.78, 5) is 21.3. The number of anilines is 1. The molecular formula is C11H13N5O2. The molecule has 0 fully saturated rings. The Kier molecular flexibility index (Phi) is 3.52. The van der Waals surface area contributed by atoms with E-state index >= 15 is 0 Å². The summed E-state index contributed by atoms with van der Waals surface area (Å²) < 4.78 is 0.